The lowest BCUT2D eigenvalue weighted by atomic mass is 9.64. The van der Waals surface area contributed by atoms with Crippen LogP contribution in [0.3, 0.4) is 0 Å². The summed E-state index contributed by atoms with van der Waals surface area (Å²) in [6.07, 6.45) is 5.35. The highest BCUT2D eigenvalue weighted by Gasteiger charge is 2.39. The van der Waals surface area contributed by atoms with Gasteiger partial charge in [0.2, 0.25) is 0 Å². The van der Waals surface area contributed by atoms with Gasteiger partial charge in [-0.05, 0) is 74.1 Å². The molecule has 1 fully saturated rings. The van der Waals surface area contributed by atoms with Crippen molar-refractivity contribution >= 4 is 0 Å². The number of ether oxygens (including phenoxy) is 1. The van der Waals surface area contributed by atoms with Crippen LogP contribution in [0.2, 0.25) is 0 Å². The van der Waals surface area contributed by atoms with Crippen molar-refractivity contribution in [3.8, 4) is 5.75 Å². The smallest absolute Gasteiger partial charge is 0.119 e. The van der Waals surface area contributed by atoms with Gasteiger partial charge in [0.05, 0.1) is 12.7 Å². The Kier molecular flexibility index (Phi) is 2.86. The number of aliphatic hydroxyl groups is 1. The highest BCUT2D eigenvalue weighted by atomic mass is 16.5. The predicted octanol–water partition coefficient (Wildman–Crippen LogP) is 3.28. The Morgan fingerprint density at radius 1 is 1.33 bits per heavy atom. The molecule has 0 spiro atoms. The van der Waals surface area contributed by atoms with Gasteiger partial charge in [0.25, 0.3) is 0 Å². The highest BCUT2D eigenvalue weighted by molar-refractivity contribution is 5.40. The van der Waals surface area contributed by atoms with E-state index in [2.05, 4.69) is 18.2 Å². The van der Waals surface area contributed by atoms with Crippen molar-refractivity contribution in [2.45, 2.75) is 50.5 Å². The van der Waals surface area contributed by atoms with Gasteiger partial charge >= 0.3 is 0 Å². The Balaban J connectivity index is 1.90. The molecule has 3 rings (SSSR count). The van der Waals surface area contributed by atoms with E-state index in [1.54, 1.807) is 7.11 Å². The second-order valence-corrected chi connectivity index (χ2v) is 6.21. The lowest BCUT2D eigenvalue weighted by molar-refractivity contribution is -0.0103. The Labute approximate surface area is 109 Å². The molecular formula is C16H22O2. The van der Waals surface area contributed by atoms with Gasteiger partial charge in [-0.1, -0.05) is 6.07 Å². The zero-order valence-electron chi connectivity index (χ0n) is 11.3. The molecule has 0 bridgehead atoms. The molecule has 1 saturated carbocycles. The summed E-state index contributed by atoms with van der Waals surface area (Å²) in [5, 5.41) is 10.2. The van der Waals surface area contributed by atoms with Gasteiger partial charge in [-0.2, -0.15) is 0 Å². The maximum atomic E-state index is 10.2. The predicted molar refractivity (Wildman–Crippen MR) is 72.0 cm³/mol. The average molecular weight is 246 g/mol. The van der Waals surface area contributed by atoms with Crippen LogP contribution >= 0.6 is 0 Å². The molecule has 0 aromatic heterocycles. The number of hydrogen-bond donors (Lipinski definition) is 1. The fourth-order valence-corrected chi connectivity index (χ4v) is 3.85. The monoisotopic (exact) mass is 246 g/mol. The normalized spacial score (nSPS) is 34.6. The van der Waals surface area contributed by atoms with Crippen molar-refractivity contribution in [1.29, 1.82) is 0 Å². The molecule has 98 valence electrons. The highest BCUT2D eigenvalue weighted by Crippen LogP contribution is 2.48. The minimum Gasteiger partial charge on any atom is -0.497 e. The van der Waals surface area contributed by atoms with Crippen LogP contribution in [0.25, 0.3) is 0 Å². The summed E-state index contributed by atoms with van der Waals surface area (Å²) in [4.78, 5) is 0. The summed E-state index contributed by atoms with van der Waals surface area (Å²) in [6.45, 7) is 1.99. The second kappa shape index (κ2) is 4.27. The lowest BCUT2D eigenvalue weighted by Crippen LogP contribution is -2.37. The molecule has 1 N–H and O–H groups in total. The summed E-state index contributed by atoms with van der Waals surface area (Å²) in [7, 11) is 1.73. The van der Waals surface area contributed by atoms with Crippen LogP contribution in [0.15, 0.2) is 18.2 Å². The first-order chi connectivity index (χ1) is 8.59. The molecule has 0 amide bonds. The standard InChI is InChI=1S/C16H22O2/c1-16(17)8-7-15-12(10-16)4-3-11-9-13(18-2)5-6-14(11)15/h5-6,9,12,15,17H,3-4,7-8,10H2,1-2H3/t12-,15+,16-/m1/s1. The second-order valence-electron chi connectivity index (χ2n) is 6.21. The largest absolute Gasteiger partial charge is 0.497 e. The Morgan fingerprint density at radius 2 is 2.17 bits per heavy atom. The minimum atomic E-state index is -0.439. The summed E-state index contributed by atoms with van der Waals surface area (Å²) < 4.78 is 5.31. The van der Waals surface area contributed by atoms with Gasteiger partial charge in [-0.3, -0.25) is 0 Å². The Bertz CT molecular complexity index is 450. The van der Waals surface area contributed by atoms with E-state index in [0.717, 1.165) is 31.4 Å². The van der Waals surface area contributed by atoms with Gasteiger partial charge in [-0.25, -0.2) is 0 Å². The summed E-state index contributed by atoms with van der Waals surface area (Å²) >= 11 is 0. The van der Waals surface area contributed by atoms with E-state index in [1.165, 1.54) is 17.5 Å². The molecule has 2 nitrogen and oxygen atoms in total. The molecular weight excluding hydrogens is 224 g/mol. The van der Waals surface area contributed by atoms with Crippen LogP contribution in [0.5, 0.6) is 5.75 Å². The maximum Gasteiger partial charge on any atom is 0.119 e. The van der Waals surface area contributed by atoms with Crippen molar-refractivity contribution in [2.24, 2.45) is 5.92 Å². The van der Waals surface area contributed by atoms with Crippen LogP contribution in [-0.4, -0.2) is 17.8 Å². The molecule has 3 atom stereocenters. The zero-order chi connectivity index (χ0) is 12.8. The summed E-state index contributed by atoms with van der Waals surface area (Å²) in [5.74, 6) is 2.28. The van der Waals surface area contributed by atoms with E-state index < -0.39 is 5.60 Å². The Hall–Kier alpha value is -1.02. The molecule has 0 unspecified atom stereocenters. The zero-order valence-corrected chi connectivity index (χ0v) is 11.3. The molecule has 2 aliphatic rings. The third kappa shape index (κ3) is 2.03. The number of aryl methyl sites for hydroxylation is 1. The van der Waals surface area contributed by atoms with Crippen molar-refractivity contribution in [2.75, 3.05) is 7.11 Å². The molecule has 0 aliphatic heterocycles. The molecule has 18 heavy (non-hydrogen) atoms. The van der Waals surface area contributed by atoms with Crippen molar-refractivity contribution < 1.29 is 9.84 Å². The fraction of sp³-hybridized carbons (Fsp3) is 0.625. The fourth-order valence-electron chi connectivity index (χ4n) is 3.85. The maximum absolute atomic E-state index is 10.2. The molecule has 2 aliphatic carbocycles. The van der Waals surface area contributed by atoms with Gasteiger partial charge in [0, 0.05) is 0 Å². The summed E-state index contributed by atoms with van der Waals surface area (Å²) in [5.41, 5.74) is 2.52. The average Bonchev–Trinajstić information content (AvgIpc) is 2.36. The van der Waals surface area contributed by atoms with Crippen LogP contribution < -0.4 is 4.74 Å². The number of rotatable bonds is 1. The number of methoxy groups -OCH3 is 1. The van der Waals surface area contributed by atoms with Gasteiger partial charge < -0.3 is 9.84 Å². The molecule has 1 aromatic carbocycles. The molecule has 0 saturated heterocycles. The van der Waals surface area contributed by atoms with Crippen LogP contribution in [0, 0.1) is 5.92 Å². The van der Waals surface area contributed by atoms with Crippen LogP contribution in [0.1, 0.15) is 49.7 Å². The molecule has 1 aromatic rings. The topological polar surface area (TPSA) is 29.5 Å². The van der Waals surface area contributed by atoms with E-state index in [1.807, 2.05) is 6.92 Å². The molecule has 0 radical (unpaired) electrons. The quantitative estimate of drug-likeness (QED) is 0.824. The van der Waals surface area contributed by atoms with Crippen molar-refractivity contribution in [3.63, 3.8) is 0 Å². The number of benzene rings is 1. The first-order valence-electron chi connectivity index (χ1n) is 6.98. The molecule has 2 heteroatoms. The third-order valence-electron chi connectivity index (χ3n) is 4.80. The van der Waals surface area contributed by atoms with E-state index >= 15 is 0 Å². The van der Waals surface area contributed by atoms with E-state index in [-0.39, 0.29) is 0 Å². The number of hydrogen-bond acceptors (Lipinski definition) is 2. The van der Waals surface area contributed by atoms with Crippen LogP contribution in [0.4, 0.5) is 0 Å². The van der Waals surface area contributed by atoms with E-state index in [9.17, 15) is 5.11 Å². The summed E-state index contributed by atoms with van der Waals surface area (Å²) in [6, 6.07) is 6.51. The SMILES string of the molecule is COc1ccc2c(c1)CC[C@@H]1C[C@](C)(O)CC[C@H]21. The van der Waals surface area contributed by atoms with Crippen molar-refractivity contribution in [3.05, 3.63) is 29.3 Å². The lowest BCUT2D eigenvalue weighted by Gasteiger charge is -2.43. The third-order valence-corrected chi connectivity index (χ3v) is 4.80. The number of fused-ring (bicyclic) bond motifs is 3. The van der Waals surface area contributed by atoms with Gasteiger partial charge in [0.1, 0.15) is 5.75 Å². The molecule has 0 heterocycles. The van der Waals surface area contributed by atoms with Gasteiger partial charge in [0.15, 0.2) is 0 Å². The first-order valence-corrected chi connectivity index (χ1v) is 6.98. The Morgan fingerprint density at radius 3 is 2.94 bits per heavy atom. The van der Waals surface area contributed by atoms with Crippen LogP contribution in [-0.2, 0) is 6.42 Å². The minimum absolute atomic E-state index is 0.439. The van der Waals surface area contributed by atoms with E-state index in [4.69, 9.17) is 4.74 Å². The van der Waals surface area contributed by atoms with Crippen molar-refractivity contribution in [1.82, 2.24) is 0 Å². The van der Waals surface area contributed by atoms with Gasteiger partial charge in [-0.15, -0.1) is 0 Å². The first kappa shape index (κ1) is 12.0. The van der Waals surface area contributed by atoms with E-state index in [0.29, 0.717) is 11.8 Å².